The second kappa shape index (κ2) is 7.84. The van der Waals surface area contributed by atoms with Gasteiger partial charge in [-0.15, -0.1) is 0 Å². The van der Waals surface area contributed by atoms with E-state index >= 15 is 0 Å². The molecule has 4 aliphatic carbocycles. The van der Waals surface area contributed by atoms with E-state index in [1.165, 1.54) is 32.2 Å². The Morgan fingerprint density at radius 1 is 1.00 bits per heavy atom. The van der Waals surface area contributed by atoms with Crippen LogP contribution in [0.2, 0.25) is 0 Å². The minimum absolute atomic E-state index is 0.205. The predicted molar refractivity (Wildman–Crippen MR) is 126 cm³/mol. The van der Waals surface area contributed by atoms with E-state index in [1.807, 2.05) is 0 Å². The van der Waals surface area contributed by atoms with Gasteiger partial charge >= 0.3 is 0 Å². The fraction of sp³-hybridized carbons (Fsp3) is 0.929. The average molecular weight is 430 g/mol. The third-order valence-corrected chi connectivity index (χ3v) is 11.4. The van der Waals surface area contributed by atoms with Crippen LogP contribution in [0.25, 0.3) is 0 Å². The molecule has 0 aromatic rings. The molecule has 3 nitrogen and oxygen atoms in total. The number of nitrogens with zero attached hydrogens (tertiary/aromatic N) is 1. The summed E-state index contributed by atoms with van der Waals surface area (Å²) in [6.07, 6.45) is 13.9. The average Bonchev–Trinajstić information content (AvgIpc) is 3.01. The number of hydrogen-bond donors (Lipinski definition) is 2. The fourth-order valence-corrected chi connectivity index (χ4v) is 9.60. The Bertz CT molecular complexity index is 707. The van der Waals surface area contributed by atoms with Crippen LogP contribution >= 0.6 is 0 Å². The van der Waals surface area contributed by atoms with Crippen LogP contribution < -0.4 is 0 Å². The standard InChI is InChI=1S/C28H47NO2/c1-17-6-9-25(29(5)16-17)18(2)19-7-8-22-21-13-26(31)23-12-20(30)10-11-28(23,4)24(21)15-27(22,3)14-19/h7-8,17-26,30-31H,6,9-16H2,1-5H3/t17-,18-,19+,20-,21-,22+,23+,24-,25+,26+,27+,28-/m0/s1. The monoisotopic (exact) mass is 429 g/mol. The highest BCUT2D eigenvalue weighted by Crippen LogP contribution is 2.68. The molecule has 1 aliphatic heterocycles. The first-order valence-corrected chi connectivity index (χ1v) is 13.4. The summed E-state index contributed by atoms with van der Waals surface area (Å²) in [7, 11) is 2.35. The van der Waals surface area contributed by atoms with Crippen LogP contribution in [0.15, 0.2) is 12.2 Å². The van der Waals surface area contributed by atoms with Gasteiger partial charge in [0.25, 0.3) is 0 Å². The van der Waals surface area contributed by atoms with Crippen LogP contribution in [0.4, 0.5) is 0 Å². The second-order valence-electron chi connectivity index (χ2n) is 13.3. The van der Waals surface area contributed by atoms with Crippen molar-refractivity contribution in [1.29, 1.82) is 0 Å². The minimum atomic E-state index is -0.230. The molecule has 3 saturated carbocycles. The van der Waals surface area contributed by atoms with E-state index in [-0.39, 0.29) is 23.5 Å². The molecule has 0 aromatic carbocycles. The zero-order chi connectivity index (χ0) is 22.1. The quantitative estimate of drug-likeness (QED) is 0.599. The lowest BCUT2D eigenvalue weighted by molar-refractivity contribution is -0.127. The topological polar surface area (TPSA) is 43.7 Å². The van der Waals surface area contributed by atoms with Gasteiger partial charge in [0.15, 0.2) is 0 Å². The van der Waals surface area contributed by atoms with Gasteiger partial charge in [-0.2, -0.15) is 0 Å². The first kappa shape index (κ1) is 22.4. The van der Waals surface area contributed by atoms with Crippen molar-refractivity contribution >= 4 is 0 Å². The third-order valence-electron chi connectivity index (χ3n) is 11.4. The Morgan fingerprint density at radius 2 is 1.77 bits per heavy atom. The first-order valence-electron chi connectivity index (χ1n) is 13.4. The highest BCUT2D eigenvalue weighted by molar-refractivity contribution is 5.19. The first-order chi connectivity index (χ1) is 14.6. The number of allylic oxidation sites excluding steroid dienone is 2. The van der Waals surface area contributed by atoms with E-state index in [1.54, 1.807) is 0 Å². The maximum atomic E-state index is 11.1. The van der Waals surface area contributed by atoms with E-state index in [4.69, 9.17) is 0 Å². The smallest absolute Gasteiger partial charge is 0.0577 e. The second-order valence-corrected chi connectivity index (χ2v) is 13.3. The Balaban J connectivity index is 1.36. The maximum absolute atomic E-state index is 11.1. The highest BCUT2D eigenvalue weighted by Gasteiger charge is 2.62. The Morgan fingerprint density at radius 3 is 2.52 bits per heavy atom. The number of aliphatic hydroxyl groups excluding tert-OH is 2. The van der Waals surface area contributed by atoms with Crippen molar-refractivity contribution < 1.29 is 10.2 Å². The summed E-state index contributed by atoms with van der Waals surface area (Å²) in [4.78, 5) is 2.64. The molecule has 5 rings (SSSR count). The number of rotatable bonds is 2. The van der Waals surface area contributed by atoms with E-state index in [0.717, 1.165) is 37.6 Å². The molecule has 12 atom stereocenters. The molecular formula is C28H47NO2. The molecule has 176 valence electrons. The zero-order valence-corrected chi connectivity index (χ0v) is 20.6. The summed E-state index contributed by atoms with van der Waals surface area (Å²) in [6, 6.07) is 0.721. The van der Waals surface area contributed by atoms with Crippen molar-refractivity contribution in [2.24, 2.45) is 52.3 Å². The lowest BCUT2D eigenvalue weighted by Gasteiger charge is -2.55. The van der Waals surface area contributed by atoms with E-state index in [0.29, 0.717) is 35.0 Å². The molecule has 0 spiro atoms. The van der Waals surface area contributed by atoms with Crippen molar-refractivity contribution in [3.63, 3.8) is 0 Å². The van der Waals surface area contributed by atoms with Gasteiger partial charge in [-0.1, -0.05) is 39.8 Å². The Labute approximate surface area is 190 Å². The SMILES string of the molecule is C[C@H]1CC[C@H]([C@@H](C)[C@@H]2C=C[C@@H]3[C@@H]4C[C@@H](O)[C@H]5C[C@@H](O)CC[C@]5(C)[C@H]4C[C@@]3(C)C2)N(C)C1. The van der Waals surface area contributed by atoms with E-state index in [2.05, 4.69) is 51.8 Å². The Kier molecular flexibility index (Phi) is 5.67. The molecule has 1 heterocycles. The number of fused-ring (bicyclic) bond motifs is 5. The van der Waals surface area contributed by atoms with Gasteiger partial charge in [-0.3, -0.25) is 0 Å². The normalized spacial score (nSPS) is 55.9. The summed E-state index contributed by atoms with van der Waals surface area (Å²) in [5.41, 5.74) is 0.577. The molecule has 4 fully saturated rings. The van der Waals surface area contributed by atoms with Gasteiger partial charge in [0.05, 0.1) is 12.2 Å². The molecule has 2 N–H and O–H groups in total. The predicted octanol–water partition coefficient (Wildman–Crippen LogP) is 5.12. The number of piperidine rings is 1. The molecule has 1 saturated heterocycles. The van der Waals surface area contributed by atoms with Crippen LogP contribution in [0.5, 0.6) is 0 Å². The summed E-state index contributed by atoms with van der Waals surface area (Å²) in [5, 5.41) is 21.4. The van der Waals surface area contributed by atoms with Crippen molar-refractivity contribution in [1.82, 2.24) is 4.90 Å². The molecular weight excluding hydrogens is 382 g/mol. The van der Waals surface area contributed by atoms with Crippen LogP contribution in [0, 0.1) is 52.3 Å². The van der Waals surface area contributed by atoms with Crippen molar-refractivity contribution in [3.05, 3.63) is 12.2 Å². The van der Waals surface area contributed by atoms with Gasteiger partial charge in [0.1, 0.15) is 0 Å². The highest BCUT2D eigenvalue weighted by atomic mass is 16.3. The molecule has 0 radical (unpaired) electrons. The van der Waals surface area contributed by atoms with Crippen LogP contribution in [0.1, 0.15) is 79.1 Å². The lowest BCUT2D eigenvalue weighted by atomic mass is 9.51. The largest absolute Gasteiger partial charge is 0.393 e. The van der Waals surface area contributed by atoms with Gasteiger partial charge < -0.3 is 15.1 Å². The minimum Gasteiger partial charge on any atom is -0.393 e. The van der Waals surface area contributed by atoms with Gasteiger partial charge in [0, 0.05) is 12.6 Å². The number of aliphatic hydroxyl groups is 2. The van der Waals surface area contributed by atoms with Crippen molar-refractivity contribution in [2.45, 2.75) is 97.3 Å². The van der Waals surface area contributed by atoms with Crippen molar-refractivity contribution in [2.75, 3.05) is 13.6 Å². The number of hydrogen-bond acceptors (Lipinski definition) is 3. The summed E-state index contributed by atoms with van der Waals surface area (Å²) in [5.74, 6) is 4.49. The molecule has 0 unspecified atom stereocenters. The zero-order valence-electron chi connectivity index (χ0n) is 20.6. The molecule has 0 aromatic heterocycles. The van der Waals surface area contributed by atoms with E-state index in [9.17, 15) is 10.2 Å². The summed E-state index contributed by atoms with van der Waals surface area (Å²) < 4.78 is 0. The molecule has 5 aliphatic rings. The number of likely N-dealkylation sites (tertiary alicyclic amines) is 1. The molecule has 31 heavy (non-hydrogen) atoms. The van der Waals surface area contributed by atoms with Crippen LogP contribution in [-0.2, 0) is 0 Å². The molecule has 0 amide bonds. The third kappa shape index (κ3) is 3.56. The van der Waals surface area contributed by atoms with Crippen LogP contribution in [-0.4, -0.2) is 47.0 Å². The van der Waals surface area contributed by atoms with E-state index < -0.39 is 0 Å². The maximum Gasteiger partial charge on any atom is 0.0577 e. The van der Waals surface area contributed by atoms with Gasteiger partial charge in [0.2, 0.25) is 0 Å². The molecule has 3 heteroatoms. The summed E-state index contributed by atoms with van der Waals surface area (Å²) in [6.45, 7) is 11.2. The van der Waals surface area contributed by atoms with Gasteiger partial charge in [-0.25, -0.2) is 0 Å². The Hall–Kier alpha value is -0.380. The molecule has 0 bridgehead atoms. The lowest BCUT2D eigenvalue weighted by Crippen LogP contribution is -2.53. The van der Waals surface area contributed by atoms with Crippen LogP contribution in [0.3, 0.4) is 0 Å². The van der Waals surface area contributed by atoms with Crippen molar-refractivity contribution in [3.8, 4) is 0 Å². The fourth-order valence-electron chi connectivity index (χ4n) is 9.60. The van der Waals surface area contributed by atoms with Gasteiger partial charge in [-0.05, 0) is 111 Å². The summed E-state index contributed by atoms with van der Waals surface area (Å²) >= 11 is 0.